The zero-order valence-electron chi connectivity index (χ0n) is 8.95. The Labute approximate surface area is 110 Å². The lowest BCUT2D eigenvalue weighted by Crippen LogP contribution is -2.01. The molecule has 90 valence electrons. The van der Waals surface area contributed by atoms with Crippen molar-refractivity contribution in [3.63, 3.8) is 0 Å². The Morgan fingerprint density at radius 2 is 2.33 bits per heavy atom. The number of nitro benzene ring substituents is 1. The normalized spacial score (nSPS) is 10.0. The Hall–Kier alpha value is -2.27. The lowest BCUT2D eigenvalue weighted by atomic mass is 10.2. The van der Waals surface area contributed by atoms with Gasteiger partial charge in [-0.25, -0.2) is 4.68 Å². The summed E-state index contributed by atoms with van der Waals surface area (Å²) < 4.78 is 1.32. The fourth-order valence-electron chi connectivity index (χ4n) is 1.41. The smallest absolute Gasteiger partial charge is 0.258 e. The summed E-state index contributed by atoms with van der Waals surface area (Å²) in [4.78, 5) is 10.4. The molecule has 0 saturated carbocycles. The van der Waals surface area contributed by atoms with Crippen LogP contribution in [0.3, 0.4) is 0 Å². The van der Waals surface area contributed by atoms with Crippen LogP contribution in [0.4, 0.5) is 5.69 Å². The maximum atomic E-state index is 11.0. The summed E-state index contributed by atoms with van der Waals surface area (Å²) in [6, 6.07) is 6.05. The van der Waals surface area contributed by atoms with E-state index in [2.05, 4.69) is 26.2 Å². The molecule has 0 amide bonds. The van der Waals surface area contributed by atoms with Crippen molar-refractivity contribution in [2.45, 2.75) is 5.33 Å². The zero-order chi connectivity index (χ0) is 13.1. The molecule has 1 aromatic heterocycles. The quantitative estimate of drug-likeness (QED) is 0.490. The minimum Gasteiger partial charge on any atom is -0.258 e. The highest BCUT2D eigenvalue weighted by molar-refractivity contribution is 9.08. The third kappa shape index (κ3) is 2.21. The highest BCUT2D eigenvalue weighted by atomic mass is 79.9. The average molecular weight is 308 g/mol. The number of alkyl halides is 1. The van der Waals surface area contributed by atoms with Gasteiger partial charge in [-0.1, -0.05) is 21.1 Å². The first-order valence-electron chi connectivity index (χ1n) is 4.82. The molecule has 1 heterocycles. The molecule has 8 heteroatoms. The van der Waals surface area contributed by atoms with Gasteiger partial charge in [-0.15, -0.1) is 5.10 Å². The van der Waals surface area contributed by atoms with Gasteiger partial charge in [0.2, 0.25) is 0 Å². The van der Waals surface area contributed by atoms with Crippen LogP contribution in [0.5, 0.6) is 0 Å². The summed E-state index contributed by atoms with van der Waals surface area (Å²) in [5, 5.41) is 27.8. The van der Waals surface area contributed by atoms with Gasteiger partial charge in [-0.2, -0.15) is 5.26 Å². The van der Waals surface area contributed by atoms with Crippen LogP contribution in [-0.4, -0.2) is 19.9 Å². The van der Waals surface area contributed by atoms with Crippen molar-refractivity contribution >= 4 is 21.6 Å². The molecular formula is C10H6BrN5O2. The largest absolute Gasteiger partial charge is 0.296 e. The topological polar surface area (TPSA) is 97.6 Å². The van der Waals surface area contributed by atoms with E-state index in [1.807, 2.05) is 6.07 Å². The second-order valence-corrected chi connectivity index (χ2v) is 3.92. The molecule has 0 aliphatic heterocycles. The standard InChI is InChI=1S/C10H6BrN5O2/c11-4-8-6-15(14-13-8)9-2-1-7(5-12)3-10(9)16(17)18/h1-3,6H,4H2. The van der Waals surface area contributed by atoms with Crippen LogP contribution in [-0.2, 0) is 5.33 Å². The number of rotatable bonds is 3. The van der Waals surface area contributed by atoms with Crippen molar-refractivity contribution in [2.24, 2.45) is 0 Å². The molecule has 0 aliphatic rings. The first kappa shape index (κ1) is 12.2. The van der Waals surface area contributed by atoms with Crippen LogP contribution in [0.25, 0.3) is 5.69 Å². The highest BCUT2D eigenvalue weighted by Gasteiger charge is 2.17. The Kier molecular flexibility index (Phi) is 3.34. The predicted octanol–water partition coefficient (Wildman–Crippen LogP) is 1.94. The van der Waals surface area contributed by atoms with Crippen LogP contribution in [0.15, 0.2) is 24.4 Å². The second-order valence-electron chi connectivity index (χ2n) is 3.36. The van der Waals surface area contributed by atoms with Gasteiger partial charge < -0.3 is 0 Å². The Bertz CT molecular complexity index is 646. The molecule has 0 N–H and O–H groups in total. The number of nitrogens with zero attached hydrogens (tertiary/aromatic N) is 5. The van der Waals surface area contributed by atoms with E-state index in [-0.39, 0.29) is 16.9 Å². The van der Waals surface area contributed by atoms with E-state index in [1.54, 1.807) is 6.20 Å². The molecule has 1 aromatic carbocycles. The molecule has 0 radical (unpaired) electrons. The fraction of sp³-hybridized carbons (Fsp3) is 0.100. The fourth-order valence-corrected chi connectivity index (χ4v) is 1.67. The van der Waals surface area contributed by atoms with Crippen molar-refractivity contribution in [3.05, 3.63) is 45.8 Å². The highest BCUT2D eigenvalue weighted by Crippen LogP contribution is 2.23. The molecule has 0 saturated heterocycles. The Morgan fingerprint density at radius 1 is 1.56 bits per heavy atom. The van der Waals surface area contributed by atoms with Gasteiger partial charge in [0.25, 0.3) is 5.69 Å². The number of nitro groups is 1. The molecule has 0 bridgehead atoms. The molecule has 0 atom stereocenters. The molecule has 0 aliphatic carbocycles. The van der Waals surface area contributed by atoms with Crippen molar-refractivity contribution in [3.8, 4) is 11.8 Å². The van der Waals surface area contributed by atoms with Crippen LogP contribution >= 0.6 is 15.9 Å². The molecule has 18 heavy (non-hydrogen) atoms. The summed E-state index contributed by atoms with van der Waals surface area (Å²) >= 11 is 3.22. The van der Waals surface area contributed by atoms with Crippen molar-refractivity contribution < 1.29 is 4.92 Å². The van der Waals surface area contributed by atoms with E-state index in [4.69, 9.17) is 5.26 Å². The Balaban J connectivity index is 2.56. The van der Waals surface area contributed by atoms with E-state index < -0.39 is 4.92 Å². The number of nitriles is 1. The van der Waals surface area contributed by atoms with Gasteiger partial charge in [-0.05, 0) is 12.1 Å². The van der Waals surface area contributed by atoms with Crippen molar-refractivity contribution in [1.29, 1.82) is 5.26 Å². The molecule has 0 spiro atoms. The predicted molar refractivity (Wildman–Crippen MR) is 65.4 cm³/mol. The monoisotopic (exact) mass is 307 g/mol. The average Bonchev–Trinajstić information content (AvgIpc) is 2.86. The number of aromatic nitrogens is 3. The van der Waals surface area contributed by atoms with E-state index >= 15 is 0 Å². The van der Waals surface area contributed by atoms with Gasteiger partial charge in [0.15, 0.2) is 0 Å². The number of hydrogen-bond acceptors (Lipinski definition) is 5. The second kappa shape index (κ2) is 4.93. The maximum Gasteiger partial charge on any atom is 0.296 e. The van der Waals surface area contributed by atoms with Crippen LogP contribution < -0.4 is 0 Å². The van der Waals surface area contributed by atoms with E-state index in [1.165, 1.54) is 22.9 Å². The molecule has 0 unspecified atom stereocenters. The van der Waals surface area contributed by atoms with Gasteiger partial charge in [-0.3, -0.25) is 10.1 Å². The summed E-state index contributed by atoms with van der Waals surface area (Å²) in [6.45, 7) is 0. The van der Waals surface area contributed by atoms with Crippen LogP contribution in [0.2, 0.25) is 0 Å². The first-order chi connectivity index (χ1) is 8.65. The van der Waals surface area contributed by atoms with Gasteiger partial charge in [0.1, 0.15) is 5.69 Å². The van der Waals surface area contributed by atoms with Gasteiger partial charge in [0.05, 0.1) is 28.4 Å². The summed E-state index contributed by atoms with van der Waals surface area (Å²) in [5.41, 5.74) is 0.985. The minimum absolute atomic E-state index is 0.180. The third-order valence-corrected chi connectivity index (χ3v) is 2.80. The van der Waals surface area contributed by atoms with Gasteiger partial charge >= 0.3 is 0 Å². The van der Waals surface area contributed by atoms with Crippen LogP contribution in [0, 0.1) is 21.4 Å². The molecule has 2 rings (SSSR count). The molecule has 0 fully saturated rings. The number of halogens is 1. The summed E-state index contributed by atoms with van der Waals surface area (Å²) in [7, 11) is 0. The number of hydrogen-bond donors (Lipinski definition) is 0. The molecule has 2 aromatic rings. The first-order valence-corrected chi connectivity index (χ1v) is 5.94. The lowest BCUT2D eigenvalue weighted by molar-refractivity contribution is -0.384. The lowest BCUT2D eigenvalue weighted by Gasteiger charge is -2.01. The van der Waals surface area contributed by atoms with E-state index in [9.17, 15) is 10.1 Å². The summed E-state index contributed by atoms with van der Waals surface area (Å²) in [5.74, 6) is 0. The van der Waals surface area contributed by atoms with Crippen molar-refractivity contribution in [1.82, 2.24) is 15.0 Å². The van der Waals surface area contributed by atoms with E-state index in [0.717, 1.165) is 0 Å². The maximum absolute atomic E-state index is 11.0. The third-order valence-electron chi connectivity index (χ3n) is 2.23. The van der Waals surface area contributed by atoms with Crippen molar-refractivity contribution in [2.75, 3.05) is 0 Å². The van der Waals surface area contributed by atoms with E-state index in [0.29, 0.717) is 11.0 Å². The van der Waals surface area contributed by atoms with Gasteiger partial charge in [0, 0.05) is 11.4 Å². The zero-order valence-corrected chi connectivity index (χ0v) is 10.5. The summed E-state index contributed by atoms with van der Waals surface area (Å²) in [6.07, 6.45) is 1.59. The molecule has 7 nitrogen and oxygen atoms in total. The molecular weight excluding hydrogens is 302 g/mol. The van der Waals surface area contributed by atoms with Crippen LogP contribution in [0.1, 0.15) is 11.3 Å². The Morgan fingerprint density at radius 3 is 2.89 bits per heavy atom. The number of benzene rings is 1. The minimum atomic E-state index is -0.550. The SMILES string of the molecule is N#Cc1ccc(-n2cc(CBr)nn2)c([N+](=O)[O-])c1.